The number of benzene rings is 1. The van der Waals surface area contributed by atoms with Gasteiger partial charge in [-0.1, -0.05) is 18.5 Å². The molecule has 1 unspecified atom stereocenters. The zero-order valence-electron chi connectivity index (χ0n) is 12.7. The first-order chi connectivity index (χ1) is 10.6. The van der Waals surface area contributed by atoms with Crippen molar-refractivity contribution >= 4 is 17.4 Å². The number of carbonyl (C=O) groups excluding carboxylic acids is 1. The SMILES string of the molecule is CC(CN1CCCC1)C(=O)c1ccc(-c2ccc(Cl)cc2)o1. The molecule has 0 spiro atoms. The summed E-state index contributed by atoms with van der Waals surface area (Å²) in [5.74, 6) is 1.18. The lowest BCUT2D eigenvalue weighted by molar-refractivity contribution is 0.0875. The minimum atomic E-state index is -0.0395. The number of ketones is 1. The van der Waals surface area contributed by atoms with E-state index in [1.54, 1.807) is 6.07 Å². The van der Waals surface area contributed by atoms with Crippen LogP contribution in [-0.4, -0.2) is 30.3 Å². The van der Waals surface area contributed by atoms with Crippen molar-refractivity contribution in [3.63, 3.8) is 0 Å². The van der Waals surface area contributed by atoms with Gasteiger partial charge >= 0.3 is 0 Å². The van der Waals surface area contributed by atoms with Gasteiger partial charge in [-0.15, -0.1) is 0 Å². The van der Waals surface area contributed by atoms with Gasteiger partial charge in [0.1, 0.15) is 5.76 Å². The molecular weight excluding hydrogens is 298 g/mol. The van der Waals surface area contributed by atoms with Crippen LogP contribution in [0.5, 0.6) is 0 Å². The quantitative estimate of drug-likeness (QED) is 0.760. The highest BCUT2D eigenvalue weighted by molar-refractivity contribution is 6.30. The second-order valence-electron chi connectivity index (χ2n) is 5.94. The maximum Gasteiger partial charge on any atom is 0.202 e. The van der Waals surface area contributed by atoms with Crippen LogP contribution in [0.4, 0.5) is 0 Å². The Kier molecular flexibility index (Phi) is 4.65. The van der Waals surface area contributed by atoms with Crippen LogP contribution in [0.15, 0.2) is 40.8 Å². The summed E-state index contributed by atoms with van der Waals surface area (Å²) in [6.45, 7) is 5.00. The van der Waals surface area contributed by atoms with E-state index in [9.17, 15) is 4.79 Å². The molecule has 1 aliphatic rings. The van der Waals surface area contributed by atoms with Crippen LogP contribution in [-0.2, 0) is 0 Å². The molecule has 1 aromatic carbocycles. The molecule has 3 rings (SSSR count). The lowest BCUT2D eigenvalue weighted by Crippen LogP contribution is -2.29. The Hall–Kier alpha value is -1.58. The van der Waals surface area contributed by atoms with Crippen molar-refractivity contribution in [2.24, 2.45) is 5.92 Å². The van der Waals surface area contributed by atoms with E-state index in [1.807, 2.05) is 37.3 Å². The minimum Gasteiger partial charge on any atom is -0.453 e. The highest BCUT2D eigenvalue weighted by Crippen LogP contribution is 2.25. The van der Waals surface area contributed by atoms with Gasteiger partial charge in [-0.05, 0) is 62.3 Å². The van der Waals surface area contributed by atoms with E-state index in [0.717, 1.165) is 25.2 Å². The third-order valence-corrected chi connectivity index (χ3v) is 4.41. The average Bonchev–Trinajstić information content (AvgIpc) is 3.18. The molecule has 0 saturated carbocycles. The molecular formula is C18H20ClNO2. The van der Waals surface area contributed by atoms with Gasteiger partial charge in [0.2, 0.25) is 5.78 Å². The predicted octanol–water partition coefficient (Wildman–Crippen LogP) is 4.51. The number of likely N-dealkylation sites (tertiary alicyclic amines) is 1. The molecule has 1 atom stereocenters. The van der Waals surface area contributed by atoms with Crippen LogP contribution in [0.3, 0.4) is 0 Å². The van der Waals surface area contributed by atoms with Crippen LogP contribution >= 0.6 is 11.6 Å². The van der Waals surface area contributed by atoms with Crippen molar-refractivity contribution in [2.45, 2.75) is 19.8 Å². The molecule has 3 nitrogen and oxygen atoms in total. The summed E-state index contributed by atoms with van der Waals surface area (Å²) in [6, 6.07) is 11.0. The number of Topliss-reactive ketones (excluding diaryl/α,β-unsaturated/α-hetero) is 1. The van der Waals surface area contributed by atoms with Gasteiger partial charge in [-0.3, -0.25) is 4.79 Å². The lowest BCUT2D eigenvalue weighted by atomic mass is 10.0. The maximum absolute atomic E-state index is 12.5. The molecule has 116 valence electrons. The van der Waals surface area contributed by atoms with Gasteiger partial charge in [0, 0.05) is 23.0 Å². The van der Waals surface area contributed by atoms with E-state index in [0.29, 0.717) is 16.5 Å². The van der Waals surface area contributed by atoms with Crippen LogP contribution < -0.4 is 0 Å². The molecule has 4 heteroatoms. The standard InChI is InChI=1S/C18H20ClNO2/c1-13(12-20-10-2-3-11-20)18(21)17-9-8-16(22-17)14-4-6-15(19)7-5-14/h4-9,13H,2-3,10-12H2,1H3. The van der Waals surface area contributed by atoms with Gasteiger partial charge < -0.3 is 9.32 Å². The van der Waals surface area contributed by atoms with E-state index in [2.05, 4.69) is 4.90 Å². The summed E-state index contributed by atoms with van der Waals surface area (Å²) >= 11 is 5.89. The molecule has 0 aliphatic carbocycles. The number of nitrogens with zero attached hydrogens (tertiary/aromatic N) is 1. The third-order valence-electron chi connectivity index (χ3n) is 4.16. The molecule has 1 fully saturated rings. The number of carbonyl (C=O) groups is 1. The number of hydrogen-bond donors (Lipinski definition) is 0. The van der Waals surface area contributed by atoms with Crippen LogP contribution in [0, 0.1) is 5.92 Å². The van der Waals surface area contributed by atoms with Crippen molar-refractivity contribution in [3.8, 4) is 11.3 Å². The van der Waals surface area contributed by atoms with E-state index in [1.165, 1.54) is 12.8 Å². The zero-order valence-corrected chi connectivity index (χ0v) is 13.5. The fraction of sp³-hybridized carbons (Fsp3) is 0.389. The Morgan fingerprint density at radius 2 is 1.86 bits per heavy atom. The van der Waals surface area contributed by atoms with Crippen molar-refractivity contribution in [3.05, 3.63) is 47.2 Å². The van der Waals surface area contributed by atoms with Crippen LogP contribution in [0.2, 0.25) is 5.02 Å². The summed E-state index contributed by atoms with van der Waals surface area (Å²) in [7, 11) is 0. The molecule has 2 aromatic rings. The normalized spacial score (nSPS) is 16.8. The Morgan fingerprint density at radius 1 is 1.18 bits per heavy atom. The molecule has 22 heavy (non-hydrogen) atoms. The number of hydrogen-bond acceptors (Lipinski definition) is 3. The number of halogens is 1. The fourth-order valence-electron chi connectivity index (χ4n) is 2.92. The van der Waals surface area contributed by atoms with Gasteiger partial charge in [0.05, 0.1) is 0 Å². The first-order valence-corrected chi connectivity index (χ1v) is 8.13. The summed E-state index contributed by atoms with van der Waals surface area (Å²) in [5.41, 5.74) is 0.927. The third kappa shape index (κ3) is 3.42. The Bertz CT molecular complexity index is 641. The van der Waals surface area contributed by atoms with Crippen molar-refractivity contribution < 1.29 is 9.21 Å². The predicted molar refractivity (Wildman–Crippen MR) is 88.3 cm³/mol. The monoisotopic (exact) mass is 317 g/mol. The summed E-state index contributed by atoms with van der Waals surface area (Å²) in [4.78, 5) is 14.8. The Morgan fingerprint density at radius 3 is 2.55 bits per heavy atom. The van der Waals surface area contributed by atoms with Crippen LogP contribution in [0.1, 0.15) is 30.3 Å². The first kappa shape index (κ1) is 15.3. The average molecular weight is 318 g/mol. The highest BCUT2D eigenvalue weighted by Gasteiger charge is 2.23. The number of furan rings is 1. The molecule has 1 aromatic heterocycles. The smallest absolute Gasteiger partial charge is 0.202 e. The highest BCUT2D eigenvalue weighted by atomic mass is 35.5. The first-order valence-electron chi connectivity index (χ1n) is 7.76. The summed E-state index contributed by atoms with van der Waals surface area (Å²) in [5, 5.41) is 0.686. The minimum absolute atomic E-state index is 0.0395. The van der Waals surface area contributed by atoms with Gasteiger partial charge in [0.25, 0.3) is 0 Å². The molecule has 1 saturated heterocycles. The van der Waals surface area contributed by atoms with Crippen molar-refractivity contribution in [2.75, 3.05) is 19.6 Å². The second-order valence-corrected chi connectivity index (χ2v) is 6.38. The molecule has 2 heterocycles. The Balaban J connectivity index is 1.69. The molecule has 0 radical (unpaired) electrons. The van der Waals surface area contributed by atoms with Crippen LogP contribution in [0.25, 0.3) is 11.3 Å². The molecule has 1 aliphatic heterocycles. The van der Waals surface area contributed by atoms with E-state index >= 15 is 0 Å². The molecule has 0 N–H and O–H groups in total. The fourth-order valence-corrected chi connectivity index (χ4v) is 3.04. The topological polar surface area (TPSA) is 33.5 Å². The number of rotatable bonds is 5. The van der Waals surface area contributed by atoms with E-state index < -0.39 is 0 Å². The largest absolute Gasteiger partial charge is 0.453 e. The zero-order chi connectivity index (χ0) is 15.5. The summed E-state index contributed by atoms with van der Waals surface area (Å²) < 4.78 is 5.75. The molecule has 0 amide bonds. The van der Waals surface area contributed by atoms with Crippen molar-refractivity contribution in [1.82, 2.24) is 4.90 Å². The second kappa shape index (κ2) is 6.67. The van der Waals surface area contributed by atoms with Gasteiger partial charge in [0.15, 0.2) is 5.76 Å². The van der Waals surface area contributed by atoms with Crippen molar-refractivity contribution in [1.29, 1.82) is 0 Å². The molecule has 0 bridgehead atoms. The van der Waals surface area contributed by atoms with E-state index in [4.69, 9.17) is 16.0 Å². The summed E-state index contributed by atoms with van der Waals surface area (Å²) in [6.07, 6.45) is 2.48. The van der Waals surface area contributed by atoms with Gasteiger partial charge in [-0.2, -0.15) is 0 Å². The lowest BCUT2D eigenvalue weighted by Gasteiger charge is -2.18. The Labute approximate surface area is 135 Å². The maximum atomic E-state index is 12.5. The van der Waals surface area contributed by atoms with Gasteiger partial charge in [-0.25, -0.2) is 0 Å². The van der Waals surface area contributed by atoms with E-state index in [-0.39, 0.29) is 11.7 Å².